The number of piperidine rings is 1. The van der Waals surface area contributed by atoms with Crippen molar-refractivity contribution < 1.29 is 23.9 Å². The average molecular weight is 625 g/mol. The smallest absolute Gasteiger partial charge is 0.242 e. The number of likely N-dealkylation sites (tertiary alicyclic amines) is 1. The second-order valence-electron chi connectivity index (χ2n) is 12.8. The van der Waals surface area contributed by atoms with Crippen LogP contribution in [-0.4, -0.2) is 78.4 Å². The SMILES string of the molecule is CC(=O)Nc1ccc2nc(NC(=O)CN3CCC4(CC=CC[C@@H]5COCC[C@@H]5NC(=O)[C@@H](CC(C)C)NC4=O)CC3)sc2c1. The Bertz CT molecular complexity index is 1400. The maximum absolute atomic E-state index is 13.9. The summed E-state index contributed by atoms with van der Waals surface area (Å²) >= 11 is 1.36. The molecule has 11 nitrogen and oxygen atoms in total. The largest absolute Gasteiger partial charge is 0.381 e. The van der Waals surface area contributed by atoms with Gasteiger partial charge in [-0.3, -0.25) is 24.1 Å². The number of carbonyl (C=O) groups is 4. The van der Waals surface area contributed by atoms with Gasteiger partial charge in [0.1, 0.15) is 6.04 Å². The zero-order valence-electron chi connectivity index (χ0n) is 25.8. The Balaban J connectivity index is 1.22. The van der Waals surface area contributed by atoms with Crippen molar-refractivity contribution in [3.63, 3.8) is 0 Å². The summed E-state index contributed by atoms with van der Waals surface area (Å²) in [4.78, 5) is 58.2. The Morgan fingerprint density at radius 2 is 1.95 bits per heavy atom. The van der Waals surface area contributed by atoms with Gasteiger partial charge in [-0.15, -0.1) is 0 Å². The molecule has 2 saturated heterocycles. The molecule has 12 heteroatoms. The molecule has 1 aromatic carbocycles. The van der Waals surface area contributed by atoms with E-state index < -0.39 is 11.5 Å². The Kier molecular flexibility index (Phi) is 10.3. The molecule has 3 aliphatic rings. The third kappa shape index (κ3) is 8.02. The van der Waals surface area contributed by atoms with Crippen LogP contribution in [0, 0.1) is 17.3 Å². The van der Waals surface area contributed by atoms with Crippen molar-refractivity contribution in [1.82, 2.24) is 20.5 Å². The summed E-state index contributed by atoms with van der Waals surface area (Å²) in [6.07, 6.45) is 8.19. The fraction of sp³-hybridized carbons (Fsp3) is 0.594. The maximum atomic E-state index is 13.9. The molecule has 0 unspecified atom stereocenters. The number of amides is 4. The van der Waals surface area contributed by atoms with Crippen molar-refractivity contribution in [2.75, 3.05) is 43.5 Å². The molecule has 5 rings (SSSR count). The highest BCUT2D eigenvalue weighted by molar-refractivity contribution is 7.22. The highest BCUT2D eigenvalue weighted by atomic mass is 32.1. The quantitative estimate of drug-likeness (QED) is 0.360. The standard InChI is InChI=1S/C32H44N6O5S/c1-20(2)16-26-29(41)34-24-9-15-43-19-22(24)6-4-5-10-32(30(42)35-26)11-13-38(14-12-32)18-28(40)37-31-36-25-8-7-23(33-21(3)39)17-27(25)44-31/h4-5,7-8,17,20,22,24,26H,6,9-16,18-19H2,1-3H3,(H,33,39)(H,34,41)(H,35,42)(H,36,37,40)/t22-,24+,26-/m1/s1. The topological polar surface area (TPSA) is 142 Å². The van der Waals surface area contributed by atoms with Crippen molar-refractivity contribution in [1.29, 1.82) is 0 Å². The maximum Gasteiger partial charge on any atom is 0.242 e. The van der Waals surface area contributed by atoms with E-state index in [1.807, 2.05) is 12.1 Å². The van der Waals surface area contributed by atoms with Crippen LogP contribution in [0.5, 0.6) is 0 Å². The highest BCUT2D eigenvalue weighted by Gasteiger charge is 2.42. The molecule has 4 amide bonds. The summed E-state index contributed by atoms with van der Waals surface area (Å²) in [5.41, 5.74) is 0.791. The molecule has 4 N–H and O–H groups in total. The van der Waals surface area contributed by atoms with Gasteiger partial charge >= 0.3 is 0 Å². The Labute approximate surface area is 262 Å². The monoisotopic (exact) mass is 624 g/mol. The zero-order valence-corrected chi connectivity index (χ0v) is 26.6. The van der Waals surface area contributed by atoms with Gasteiger partial charge in [0, 0.05) is 31.2 Å². The van der Waals surface area contributed by atoms with Gasteiger partial charge in [-0.25, -0.2) is 4.98 Å². The third-order valence-corrected chi connectivity index (χ3v) is 9.80. The van der Waals surface area contributed by atoms with Crippen LogP contribution < -0.4 is 21.3 Å². The van der Waals surface area contributed by atoms with E-state index in [-0.39, 0.29) is 48.1 Å². The molecule has 3 aliphatic heterocycles. The van der Waals surface area contributed by atoms with E-state index in [2.05, 4.69) is 57.2 Å². The minimum Gasteiger partial charge on any atom is -0.381 e. The van der Waals surface area contributed by atoms with E-state index in [0.717, 1.165) is 23.1 Å². The molecule has 238 valence electrons. The number of nitrogens with zero attached hydrogens (tertiary/aromatic N) is 2. The lowest BCUT2D eigenvalue weighted by Crippen LogP contribution is -2.57. The molecule has 2 fully saturated rings. The van der Waals surface area contributed by atoms with Gasteiger partial charge in [0.15, 0.2) is 5.13 Å². The molecule has 3 atom stereocenters. The molecule has 1 spiro atoms. The van der Waals surface area contributed by atoms with Crippen LogP contribution in [0.2, 0.25) is 0 Å². The molecule has 0 aliphatic carbocycles. The summed E-state index contributed by atoms with van der Waals surface area (Å²) in [6.45, 7) is 8.21. The van der Waals surface area contributed by atoms with E-state index in [9.17, 15) is 19.2 Å². The molecule has 0 saturated carbocycles. The first-order valence-electron chi connectivity index (χ1n) is 15.6. The first-order valence-corrected chi connectivity index (χ1v) is 16.5. The Hall–Kier alpha value is -3.35. The molecule has 4 heterocycles. The molecule has 44 heavy (non-hydrogen) atoms. The van der Waals surface area contributed by atoms with Crippen LogP contribution in [0.3, 0.4) is 0 Å². The molecule has 0 radical (unpaired) electrons. The van der Waals surface area contributed by atoms with Gasteiger partial charge in [-0.05, 0) is 75.7 Å². The number of anilines is 2. The van der Waals surface area contributed by atoms with Gasteiger partial charge in [-0.1, -0.05) is 37.3 Å². The Morgan fingerprint density at radius 1 is 1.16 bits per heavy atom. The molecular formula is C32H44N6O5S. The van der Waals surface area contributed by atoms with Crippen LogP contribution in [0.4, 0.5) is 10.8 Å². The van der Waals surface area contributed by atoms with Crippen LogP contribution in [0.25, 0.3) is 10.2 Å². The first-order chi connectivity index (χ1) is 21.1. The van der Waals surface area contributed by atoms with E-state index in [1.165, 1.54) is 18.3 Å². The van der Waals surface area contributed by atoms with Crippen LogP contribution in [-0.2, 0) is 23.9 Å². The Morgan fingerprint density at radius 3 is 2.70 bits per heavy atom. The number of ether oxygens (including phenoxy) is 1. The molecule has 1 aromatic heterocycles. The second kappa shape index (κ2) is 14.2. The summed E-state index contributed by atoms with van der Waals surface area (Å²) in [6, 6.07) is 4.89. The predicted octanol–water partition coefficient (Wildman–Crippen LogP) is 3.68. The summed E-state index contributed by atoms with van der Waals surface area (Å²) in [5.74, 6) is -0.0458. The molecular weight excluding hydrogens is 580 g/mol. The van der Waals surface area contributed by atoms with Crippen LogP contribution in [0.15, 0.2) is 30.4 Å². The number of thiazole rings is 1. The molecule has 0 bridgehead atoms. The zero-order chi connectivity index (χ0) is 31.3. The number of fused-ring (bicyclic) bond motifs is 2. The summed E-state index contributed by atoms with van der Waals surface area (Å²) in [5, 5.41) is 12.5. The van der Waals surface area contributed by atoms with Gasteiger partial charge in [0.05, 0.1) is 28.8 Å². The lowest BCUT2D eigenvalue weighted by Gasteiger charge is -2.41. The van der Waals surface area contributed by atoms with E-state index in [4.69, 9.17) is 4.74 Å². The molecule has 2 aromatic rings. The number of allylic oxidation sites excluding steroid dienone is 2. The lowest BCUT2D eigenvalue weighted by atomic mass is 9.74. The number of hydrogen-bond donors (Lipinski definition) is 4. The van der Waals surface area contributed by atoms with E-state index in [1.54, 1.807) is 6.07 Å². The second-order valence-corrected chi connectivity index (χ2v) is 13.8. The van der Waals surface area contributed by atoms with Gasteiger partial charge < -0.3 is 26.0 Å². The summed E-state index contributed by atoms with van der Waals surface area (Å²) in [7, 11) is 0. The minimum absolute atomic E-state index is 0.0409. The fourth-order valence-electron chi connectivity index (χ4n) is 6.38. The third-order valence-electron chi connectivity index (χ3n) is 8.86. The highest BCUT2D eigenvalue weighted by Crippen LogP contribution is 2.37. The van der Waals surface area contributed by atoms with Crippen LogP contribution in [0.1, 0.15) is 59.3 Å². The average Bonchev–Trinajstić information content (AvgIpc) is 3.36. The first kappa shape index (κ1) is 32.1. The number of rotatable bonds is 6. The van der Waals surface area contributed by atoms with Gasteiger partial charge in [0.25, 0.3) is 0 Å². The lowest BCUT2D eigenvalue weighted by molar-refractivity contribution is -0.138. The summed E-state index contributed by atoms with van der Waals surface area (Å²) < 4.78 is 6.58. The van der Waals surface area contributed by atoms with Crippen molar-refractivity contribution in [3.8, 4) is 0 Å². The van der Waals surface area contributed by atoms with Crippen molar-refractivity contribution in [3.05, 3.63) is 30.4 Å². The number of nitrogens with one attached hydrogen (secondary N) is 4. The fourth-order valence-corrected chi connectivity index (χ4v) is 7.30. The van der Waals surface area contributed by atoms with Crippen molar-refractivity contribution >= 4 is 56.0 Å². The number of benzene rings is 1. The van der Waals surface area contributed by atoms with Crippen LogP contribution >= 0.6 is 11.3 Å². The van der Waals surface area contributed by atoms with Crippen molar-refractivity contribution in [2.45, 2.75) is 71.4 Å². The number of hydrogen-bond acceptors (Lipinski definition) is 8. The number of carbonyl (C=O) groups excluding carboxylic acids is 4. The van der Waals surface area contributed by atoms with Crippen molar-refractivity contribution in [2.24, 2.45) is 17.3 Å². The predicted molar refractivity (Wildman–Crippen MR) is 171 cm³/mol. The minimum atomic E-state index is -0.640. The number of aromatic nitrogens is 1. The van der Waals surface area contributed by atoms with Gasteiger partial charge in [-0.2, -0.15) is 0 Å². The van der Waals surface area contributed by atoms with E-state index in [0.29, 0.717) is 62.8 Å². The van der Waals surface area contributed by atoms with Gasteiger partial charge in [0.2, 0.25) is 23.6 Å². The van der Waals surface area contributed by atoms with E-state index >= 15 is 0 Å². The normalized spacial score (nSPS) is 24.6.